The Bertz CT molecular complexity index is 3040. The summed E-state index contributed by atoms with van der Waals surface area (Å²) in [7, 11) is 0. The van der Waals surface area contributed by atoms with E-state index in [0.717, 1.165) is 82.7 Å². The average Bonchev–Trinajstić information content (AvgIpc) is 3.88. The van der Waals surface area contributed by atoms with Gasteiger partial charge in [0.05, 0.1) is 6.26 Å². The molecule has 0 bridgehead atoms. The van der Waals surface area contributed by atoms with Crippen molar-refractivity contribution in [1.29, 1.82) is 0 Å². The minimum absolute atomic E-state index is 0.768. The molecule has 0 radical (unpaired) electrons. The van der Waals surface area contributed by atoms with Crippen LogP contribution in [0.3, 0.4) is 0 Å². The van der Waals surface area contributed by atoms with Crippen LogP contribution in [0.1, 0.15) is 0 Å². The molecule has 0 saturated carbocycles. The maximum absolute atomic E-state index is 6.90. The first-order valence-corrected chi connectivity index (χ1v) is 16.6. The third-order valence-electron chi connectivity index (χ3n) is 10.2. The number of benzene rings is 8. The van der Waals surface area contributed by atoms with Gasteiger partial charge in [-0.05, 0) is 62.5 Å². The summed E-state index contributed by atoms with van der Waals surface area (Å²) >= 11 is 0. The second kappa shape index (κ2) is 9.96. The van der Waals surface area contributed by atoms with Crippen molar-refractivity contribution in [2.75, 3.05) is 0 Å². The van der Waals surface area contributed by atoms with Crippen molar-refractivity contribution >= 4 is 76.4 Å². The van der Waals surface area contributed by atoms with Gasteiger partial charge in [0.25, 0.3) is 0 Å². The number of hydrogen-bond acceptors (Lipinski definition) is 3. The molecule has 3 heterocycles. The minimum Gasteiger partial charge on any atom is -0.460 e. The molecule has 0 aliphatic heterocycles. The summed E-state index contributed by atoms with van der Waals surface area (Å²) in [5.74, 6) is 0. The van der Waals surface area contributed by atoms with Crippen LogP contribution in [0.2, 0.25) is 0 Å². The normalized spacial score (nSPS) is 12.1. The van der Waals surface area contributed by atoms with Crippen molar-refractivity contribution in [2.45, 2.75) is 0 Å². The lowest BCUT2D eigenvalue weighted by molar-refractivity contribution is 0.601. The molecule has 3 heteroatoms. The van der Waals surface area contributed by atoms with Gasteiger partial charge in [-0.15, -0.1) is 0 Å². The predicted octanol–water partition coefficient (Wildman–Crippen LogP) is 13.5. The first-order chi connectivity index (χ1) is 24.3. The fourth-order valence-electron chi connectivity index (χ4n) is 8.08. The Kier molecular flexibility index (Phi) is 5.38. The number of rotatable bonds is 3. The molecule has 0 saturated heterocycles. The molecule has 0 amide bonds. The van der Waals surface area contributed by atoms with E-state index in [-0.39, 0.29) is 0 Å². The highest BCUT2D eigenvalue weighted by Crippen LogP contribution is 2.49. The number of fused-ring (bicyclic) bond motifs is 10. The van der Waals surface area contributed by atoms with Gasteiger partial charge in [0.15, 0.2) is 11.2 Å². The average molecular weight is 627 g/mol. The molecule has 0 spiro atoms. The summed E-state index contributed by atoms with van der Waals surface area (Å²) in [5.41, 5.74) is 10.9. The van der Waals surface area contributed by atoms with E-state index >= 15 is 0 Å². The van der Waals surface area contributed by atoms with Crippen molar-refractivity contribution in [1.82, 2.24) is 0 Å². The van der Waals surface area contributed by atoms with Crippen LogP contribution >= 0.6 is 0 Å². The van der Waals surface area contributed by atoms with Crippen LogP contribution in [0, 0.1) is 0 Å². The summed E-state index contributed by atoms with van der Waals surface area (Å²) < 4.78 is 19.5. The van der Waals surface area contributed by atoms with E-state index < -0.39 is 0 Å². The summed E-state index contributed by atoms with van der Waals surface area (Å²) in [6, 6.07) is 53.4. The Morgan fingerprint density at radius 1 is 0.306 bits per heavy atom. The van der Waals surface area contributed by atoms with Gasteiger partial charge < -0.3 is 13.3 Å². The second-order valence-corrected chi connectivity index (χ2v) is 12.7. The minimum atomic E-state index is 0.768. The molecular formula is C46H26O3. The molecular weight excluding hydrogens is 601 g/mol. The van der Waals surface area contributed by atoms with Gasteiger partial charge in [-0.25, -0.2) is 0 Å². The smallest absolute Gasteiger partial charge is 0.178 e. The Balaban J connectivity index is 1.23. The van der Waals surface area contributed by atoms with E-state index in [1.54, 1.807) is 0 Å². The highest BCUT2D eigenvalue weighted by atomic mass is 16.4. The monoisotopic (exact) mass is 626 g/mol. The summed E-state index contributed by atoms with van der Waals surface area (Å²) in [6.45, 7) is 0. The molecule has 11 rings (SSSR count). The maximum Gasteiger partial charge on any atom is 0.178 e. The lowest BCUT2D eigenvalue weighted by Gasteiger charge is -2.18. The standard InChI is InChI=1S/C46H26O3/c1-2-12-27(13-3-1)38-26-47-45-34(38)25-24-33-32-19-10-21-37(44(32)49-46(33)45)42-30-16-6-4-14-28(30)41(29-15-5-7-17-31(29)42)36-20-11-23-40-43(36)35-18-8-9-22-39(35)48-40/h1-26H. The highest BCUT2D eigenvalue weighted by Gasteiger charge is 2.23. The number of hydrogen-bond donors (Lipinski definition) is 0. The van der Waals surface area contributed by atoms with Crippen LogP contribution in [0.25, 0.3) is 110 Å². The molecule has 11 aromatic rings. The molecule has 49 heavy (non-hydrogen) atoms. The molecule has 8 aromatic carbocycles. The van der Waals surface area contributed by atoms with E-state index in [1.807, 2.05) is 24.5 Å². The van der Waals surface area contributed by atoms with E-state index in [2.05, 4.69) is 133 Å². The van der Waals surface area contributed by atoms with Crippen LogP contribution in [-0.2, 0) is 0 Å². The van der Waals surface area contributed by atoms with Crippen molar-refractivity contribution < 1.29 is 13.3 Å². The summed E-state index contributed by atoms with van der Waals surface area (Å²) in [4.78, 5) is 0. The fourth-order valence-corrected chi connectivity index (χ4v) is 8.08. The van der Waals surface area contributed by atoms with E-state index in [9.17, 15) is 0 Å². The molecule has 0 fully saturated rings. The van der Waals surface area contributed by atoms with Crippen LogP contribution in [0.5, 0.6) is 0 Å². The van der Waals surface area contributed by atoms with Gasteiger partial charge in [0.2, 0.25) is 0 Å². The van der Waals surface area contributed by atoms with Crippen molar-refractivity contribution in [3.05, 3.63) is 158 Å². The van der Waals surface area contributed by atoms with Gasteiger partial charge in [0.1, 0.15) is 16.7 Å². The van der Waals surface area contributed by atoms with Gasteiger partial charge in [-0.2, -0.15) is 0 Å². The van der Waals surface area contributed by atoms with E-state index in [4.69, 9.17) is 13.3 Å². The van der Waals surface area contributed by atoms with Crippen LogP contribution in [-0.4, -0.2) is 0 Å². The fraction of sp³-hybridized carbons (Fsp3) is 0. The Morgan fingerprint density at radius 2 is 0.857 bits per heavy atom. The Hall–Kier alpha value is -6.58. The molecule has 3 nitrogen and oxygen atoms in total. The Labute approximate surface area is 280 Å². The van der Waals surface area contributed by atoms with Gasteiger partial charge in [-0.3, -0.25) is 0 Å². The lowest BCUT2D eigenvalue weighted by Crippen LogP contribution is -1.91. The zero-order valence-electron chi connectivity index (χ0n) is 26.2. The topological polar surface area (TPSA) is 39.4 Å². The molecule has 0 aliphatic carbocycles. The number of furan rings is 3. The Morgan fingerprint density at radius 3 is 1.61 bits per heavy atom. The highest BCUT2D eigenvalue weighted by molar-refractivity contribution is 6.28. The third kappa shape index (κ3) is 3.67. The quantitative estimate of drug-likeness (QED) is 0.183. The van der Waals surface area contributed by atoms with Crippen molar-refractivity contribution in [2.24, 2.45) is 0 Å². The zero-order chi connectivity index (χ0) is 32.1. The lowest BCUT2D eigenvalue weighted by atomic mass is 9.84. The van der Waals surface area contributed by atoms with Crippen LogP contribution in [0.15, 0.2) is 171 Å². The molecule has 0 unspecified atom stereocenters. The second-order valence-electron chi connectivity index (χ2n) is 12.7. The van der Waals surface area contributed by atoms with Gasteiger partial charge in [-0.1, -0.05) is 127 Å². The SMILES string of the molecule is c1ccc(-c2coc3c2ccc2c4cccc(-c5c6ccccc6c(-c6cccc7oc8ccccc8c67)c6ccccc56)c4oc23)cc1. The first kappa shape index (κ1) is 26.5. The third-order valence-corrected chi connectivity index (χ3v) is 10.2. The molecule has 228 valence electrons. The summed E-state index contributed by atoms with van der Waals surface area (Å²) in [5, 5.41) is 10.1. The van der Waals surface area contributed by atoms with Crippen LogP contribution < -0.4 is 0 Å². The number of para-hydroxylation sites is 2. The molecule has 3 aromatic heterocycles. The first-order valence-electron chi connectivity index (χ1n) is 16.6. The van der Waals surface area contributed by atoms with Gasteiger partial charge >= 0.3 is 0 Å². The van der Waals surface area contributed by atoms with Crippen molar-refractivity contribution in [3.63, 3.8) is 0 Å². The summed E-state index contributed by atoms with van der Waals surface area (Å²) in [6.07, 6.45) is 1.84. The molecule has 0 N–H and O–H groups in total. The van der Waals surface area contributed by atoms with Gasteiger partial charge in [0, 0.05) is 43.6 Å². The molecule has 0 aliphatic rings. The van der Waals surface area contributed by atoms with Crippen molar-refractivity contribution in [3.8, 4) is 33.4 Å². The zero-order valence-corrected chi connectivity index (χ0v) is 26.2. The largest absolute Gasteiger partial charge is 0.460 e. The molecule has 0 atom stereocenters. The van der Waals surface area contributed by atoms with E-state index in [0.29, 0.717) is 0 Å². The maximum atomic E-state index is 6.90. The van der Waals surface area contributed by atoms with E-state index in [1.165, 1.54) is 27.1 Å². The predicted molar refractivity (Wildman–Crippen MR) is 202 cm³/mol. The van der Waals surface area contributed by atoms with Crippen LogP contribution in [0.4, 0.5) is 0 Å².